The number of carbonyl (C=O) groups excluding carboxylic acids is 2. The molecular weight excluding hydrogens is 217 g/mol. The first-order chi connectivity index (χ1) is 7.50. The minimum absolute atomic E-state index is 0.0619. The first-order valence-corrected chi connectivity index (χ1v) is 4.26. The van der Waals surface area contributed by atoms with Gasteiger partial charge in [0.2, 0.25) is 0 Å². The number of para-hydroxylation sites is 1. The van der Waals surface area contributed by atoms with E-state index in [1.807, 2.05) is 0 Å². The molecule has 1 rings (SSSR count). The minimum atomic E-state index is -1.00. The van der Waals surface area contributed by atoms with Crippen molar-refractivity contribution < 1.29 is 18.7 Å². The highest BCUT2D eigenvalue weighted by Gasteiger charge is 2.10. The average Bonchev–Trinajstić information content (AvgIpc) is 2.15. The number of primary amides is 1. The first-order valence-electron chi connectivity index (χ1n) is 4.26. The number of nitrogens with one attached hydrogen (secondary N) is 1. The van der Waals surface area contributed by atoms with Gasteiger partial charge in [0.05, 0.1) is 5.69 Å². The van der Waals surface area contributed by atoms with Gasteiger partial charge in [-0.05, 0) is 12.1 Å². The fraction of sp³-hybridized carbons (Fsp3) is 0.111. The van der Waals surface area contributed by atoms with Crippen LogP contribution in [0.25, 0.3) is 0 Å². The third-order valence-corrected chi connectivity index (χ3v) is 1.61. The molecule has 3 amide bonds. The van der Waals surface area contributed by atoms with E-state index in [0.717, 1.165) is 6.07 Å². The van der Waals surface area contributed by atoms with Crippen molar-refractivity contribution in [2.24, 2.45) is 5.73 Å². The summed E-state index contributed by atoms with van der Waals surface area (Å²) in [5.74, 6) is -1.70. The van der Waals surface area contributed by atoms with Crippen molar-refractivity contribution >= 4 is 17.6 Å². The molecule has 0 saturated heterocycles. The van der Waals surface area contributed by atoms with Crippen molar-refractivity contribution in [3.63, 3.8) is 0 Å². The Labute approximate surface area is 90.4 Å². The molecule has 0 aliphatic rings. The van der Waals surface area contributed by atoms with Crippen LogP contribution in [0.4, 0.5) is 14.9 Å². The van der Waals surface area contributed by atoms with Gasteiger partial charge in [0, 0.05) is 0 Å². The highest BCUT2D eigenvalue weighted by molar-refractivity contribution is 5.94. The van der Waals surface area contributed by atoms with Crippen molar-refractivity contribution in [2.75, 3.05) is 12.3 Å². The van der Waals surface area contributed by atoms with Crippen LogP contribution in [0.15, 0.2) is 18.2 Å². The molecule has 86 valence electrons. The van der Waals surface area contributed by atoms with Gasteiger partial charge in [-0.1, -0.05) is 6.07 Å². The highest BCUT2D eigenvalue weighted by atomic mass is 19.1. The highest BCUT2D eigenvalue weighted by Crippen LogP contribution is 2.24. The number of halogens is 1. The maximum atomic E-state index is 13.1. The lowest BCUT2D eigenvalue weighted by Crippen LogP contribution is -2.38. The summed E-state index contributed by atoms with van der Waals surface area (Å²) in [6.07, 6.45) is 0. The monoisotopic (exact) mass is 227 g/mol. The number of carbonyl (C=O) groups is 2. The first kappa shape index (κ1) is 11.8. The molecule has 0 unspecified atom stereocenters. The zero-order valence-corrected chi connectivity index (χ0v) is 8.20. The SMILES string of the molecule is NC(=O)NC(=O)COc1c(N)cccc1F. The number of rotatable bonds is 3. The number of hydrogen-bond acceptors (Lipinski definition) is 4. The van der Waals surface area contributed by atoms with Gasteiger partial charge in [0.15, 0.2) is 18.2 Å². The summed E-state index contributed by atoms with van der Waals surface area (Å²) >= 11 is 0. The second-order valence-corrected chi connectivity index (χ2v) is 2.86. The summed E-state index contributed by atoms with van der Waals surface area (Å²) in [6.45, 7) is -0.548. The van der Waals surface area contributed by atoms with Crippen molar-refractivity contribution in [3.05, 3.63) is 24.0 Å². The molecule has 0 fully saturated rings. The second-order valence-electron chi connectivity index (χ2n) is 2.86. The molecule has 1 aromatic carbocycles. The van der Waals surface area contributed by atoms with E-state index in [1.165, 1.54) is 12.1 Å². The fourth-order valence-electron chi connectivity index (χ4n) is 0.989. The van der Waals surface area contributed by atoms with Crippen LogP contribution in [0.2, 0.25) is 0 Å². The van der Waals surface area contributed by atoms with E-state index in [2.05, 4.69) is 0 Å². The van der Waals surface area contributed by atoms with E-state index in [0.29, 0.717) is 0 Å². The van der Waals surface area contributed by atoms with Gasteiger partial charge in [0.25, 0.3) is 5.91 Å². The largest absolute Gasteiger partial charge is 0.479 e. The number of ether oxygens (including phenoxy) is 1. The van der Waals surface area contributed by atoms with Crippen molar-refractivity contribution in [1.29, 1.82) is 0 Å². The summed E-state index contributed by atoms with van der Waals surface area (Å²) in [5.41, 5.74) is 10.2. The third kappa shape index (κ3) is 3.12. The van der Waals surface area contributed by atoms with Crippen LogP contribution in [0.3, 0.4) is 0 Å². The van der Waals surface area contributed by atoms with Crippen molar-refractivity contribution in [2.45, 2.75) is 0 Å². The van der Waals surface area contributed by atoms with Crippen LogP contribution in [0, 0.1) is 5.82 Å². The molecule has 7 heteroatoms. The molecular formula is C9H10FN3O3. The van der Waals surface area contributed by atoms with Crippen LogP contribution in [0.5, 0.6) is 5.75 Å². The number of amides is 3. The zero-order valence-electron chi connectivity index (χ0n) is 8.20. The predicted octanol–water partition coefficient (Wildman–Crippen LogP) is -0.0184. The summed E-state index contributed by atoms with van der Waals surface area (Å²) in [5, 5.41) is 1.76. The Balaban J connectivity index is 2.61. The molecule has 0 saturated carbocycles. The van der Waals surface area contributed by atoms with Crippen LogP contribution >= 0.6 is 0 Å². The van der Waals surface area contributed by atoms with Gasteiger partial charge in [0.1, 0.15) is 0 Å². The molecule has 0 heterocycles. The smallest absolute Gasteiger partial charge is 0.318 e. The van der Waals surface area contributed by atoms with Crippen molar-refractivity contribution in [3.8, 4) is 5.75 Å². The van der Waals surface area contributed by atoms with Crippen LogP contribution in [-0.4, -0.2) is 18.5 Å². The molecule has 0 aliphatic carbocycles. The Morgan fingerprint density at radius 3 is 2.69 bits per heavy atom. The van der Waals surface area contributed by atoms with Crippen LogP contribution in [0.1, 0.15) is 0 Å². The summed E-state index contributed by atoms with van der Waals surface area (Å²) < 4.78 is 17.9. The molecule has 16 heavy (non-hydrogen) atoms. The predicted molar refractivity (Wildman–Crippen MR) is 54.0 cm³/mol. The molecule has 5 N–H and O–H groups in total. The minimum Gasteiger partial charge on any atom is -0.479 e. The van der Waals surface area contributed by atoms with E-state index in [9.17, 15) is 14.0 Å². The Hall–Kier alpha value is -2.31. The van der Waals surface area contributed by atoms with Crippen LogP contribution in [-0.2, 0) is 4.79 Å². The molecule has 1 aromatic rings. The number of anilines is 1. The van der Waals surface area contributed by atoms with E-state index in [-0.39, 0.29) is 11.4 Å². The van der Waals surface area contributed by atoms with Gasteiger partial charge in [-0.3, -0.25) is 10.1 Å². The van der Waals surface area contributed by atoms with Gasteiger partial charge in [-0.15, -0.1) is 0 Å². The number of hydrogen-bond donors (Lipinski definition) is 3. The fourth-order valence-corrected chi connectivity index (χ4v) is 0.989. The van der Waals surface area contributed by atoms with Gasteiger partial charge >= 0.3 is 6.03 Å². The Morgan fingerprint density at radius 1 is 1.44 bits per heavy atom. The van der Waals surface area contributed by atoms with E-state index in [1.54, 1.807) is 5.32 Å². The van der Waals surface area contributed by atoms with Gasteiger partial charge < -0.3 is 16.2 Å². The third-order valence-electron chi connectivity index (χ3n) is 1.61. The van der Waals surface area contributed by atoms with Crippen molar-refractivity contribution in [1.82, 2.24) is 5.32 Å². The number of urea groups is 1. The number of imide groups is 1. The Bertz CT molecular complexity index is 402. The molecule has 0 spiro atoms. The lowest BCUT2D eigenvalue weighted by molar-refractivity contribution is -0.121. The number of nitrogens with two attached hydrogens (primary N) is 2. The average molecular weight is 227 g/mol. The lowest BCUT2D eigenvalue weighted by Gasteiger charge is -2.08. The topological polar surface area (TPSA) is 107 Å². The normalized spacial score (nSPS) is 9.56. The molecule has 0 atom stereocenters. The van der Waals surface area contributed by atoms with Gasteiger partial charge in [-0.25, -0.2) is 9.18 Å². The molecule has 0 radical (unpaired) electrons. The van der Waals surface area contributed by atoms with E-state index >= 15 is 0 Å². The second kappa shape index (κ2) is 4.96. The summed E-state index contributed by atoms with van der Waals surface area (Å²) in [4.78, 5) is 21.2. The summed E-state index contributed by atoms with van der Waals surface area (Å²) in [6, 6.07) is 2.96. The molecule has 6 nitrogen and oxygen atoms in total. The standard InChI is InChI=1S/C9H10FN3O3/c10-5-2-1-3-6(11)8(5)16-4-7(14)13-9(12)15/h1-3H,4,11H2,(H3,12,13,14,15). The number of benzene rings is 1. The summed E-state index contributed by atoms with van der Waals surface area (Å²) in [7, 11) is 0. The zero-order chi connectivity index (χ0) is 12.1. The molecule has 0 aromatic heterocycles. The maximum absolute atomic E-state index is 13.1. The molecule has 0 aliphatic heterocycles. The lowest BCUT2D eigenvalue weighted by atomic mass is 10.3. The maximum Gasteiger partial charge on any atom is 0.318 e. The van der Waals surface area contributed by atoms with E-state index < -0.39 is 24.4 Å². The Kier molecular flexibility index (Phi) is 3.65. The quantitative estimate of drug-likeness (QED) is 0.630. The Morgan fingerprint density at radius 2 is 2.12 bits per heavy atom. The molecule has 0 bridgehead atoms. The van der Waals surface area contributed by atoms with E-state index in [4.69, 9.17) is 16.2 Å². The number of nitrogen functional groups attached to an aromatic ring is 1. The van der Waals surface area contributed by atoms with Gasteiger partial charge in [-0.2, -0.15) is 0 Å². The van der Waals surface area contributed by atoms with Crippen LogP contribution < -0.4 is 21.5 Å².